The summed E-state index contributed by atoms with van der Waals surface area (Å²) in [6, 6.07) is 4.34. The Balaban J connectivity index is 2.32. The fourth-order valence-electron chi connectivity index (χ4n) is 2.66. The van der Waals surface area contributed by atoms with E-state index in [1.54, 1.807) is 0 Å². The number of benzene rings is 1. The van der Waals surface area contributed by atoms with Crippen molar-refractivity contribution in [3.05, 3.63) is 33.5 Å². The largest absolute Gasteiger partial charge is 0.459 e. The van der Waals surface area contributed by atoms with Crippen LogP contribution in [0.3, 0.4) is 0 Å². The third-order valence-corrected chi connectivity index (χ3v) is 4.15. The van der Waals surface area contributed by atoms with Crippen molar-refractivity contribution in [3.63, 3.8) is 0 Å². The van der Waals surface area contributed by atoms with Crippen molar-refractivity contribution in [2.24, 2.45) is 5.73 Å². The maximum Gasteiger partial charge on any atom is 0.138 e. The van der Waals surface area contributed by atoms with Crippen LogP contribution in [0, 0.1) is 0 Å². The molecular weight excluding hydrogens is 290 g/mol. The molecule has 0 radical (unpaired) electrons. The lowest BCUT2D eigenvalue weighted by atomic mass is 9.98. The SMILES string of the molecule is CC(C)c1cc(Br)cc2c(C3CC3)c(CN)oc12. The minimum atomic E-state index is 0.453. The molecule has 2 N–H and O–H groups in total. The second-order valence-corrected chi connectivity index (χ2v) is 6.36. The number of fused-ring (bicyclic) bond motifs is 1. The third kappa shape index (κ3) is 1.90. The van der Waals surface area contributed by atoms with Crippen molar-refractivity contribution >= 4 is 26.9 Å². The molecule has 1 aliphatic carbocycles. The van der Waals surface area contributed by atoms with Gasteiger partial charge in [-0.25, -0.2) is 0 Å². The van der Waals surface area contributed by atoms with Gasteiger partial charge in [0.1, 0.15) is 11.3 Å². The normalized spacial score (nSPS) is 15.8. The summed E-state index contributed by atoms with van der Waals surface area (Å²) in [5.41, 5.74) is 9.50. The lowest BCUT2D eigenvalue weighted by Gasteiger charge is -2.07. The van der Waals surface area contributed by atoms with Crippen molar-refractivity contribution < 1.29 is 4.42 Å². The quantitative estimate of drug-likeness (QED) is 0.896. The molecule has 0 bridgehead atoms. The Kier molecular flexibility index (Phi) is 2.99. The number of hydrogen-bond donors (Lipinski definition) is 1. The molecule has 1 aliphatic rings. The second kappa shape index (κ2) is 4.39. The van der Waals surface area contributed by atoms with Crippen LogP contribution in [0.2, 0.25) is 0 Å². The van der Waals surface area contributed by atoms with Crippen LogP contribution in [0.25, 0.3) is 11.0 Å². The van der Waals surface area contributed by atoms with Gasteiger partial charge < -0.3 is 10.2 Å². The lowest BCUT2D eigenvalue weighted by Crippen LogP contribution is -1.97. The average molecular weight is 308 g/mol. The van der Waals surface area contributed by atoms with E-state index in [1.807, 2.05) is 0 Å². The standard InChI is InChI=1S/C15H18BrNO/c1-8(2)11-5-10(16)6-12-14(9-3-4-9)13(7-17)18-15(11)12/h5-6,8-9H,3-4,7,17H2,1-2H3. The Hall–Kier alpha value is -0.800. The molecule has 0 unspecified atom stereocenters. The predicted molar refractivity (Wildman–Crippen MR) is 77.9 cm³/mol. The summed E-state index contributed by atoms with van der Waals surface area (Å²) in [6.07, 6.45) is 2.54. The van der Waals surface area contributed by atoms with Gasteiger partial charge in [0, 0.05) is 15.4 Å². The van der Waals surface area contributed by atoms with Gasteiger partial charge >= 0.3 is 0 Å². The number of hydrogen-bond acceptors (Lipinski definition) is 2. The maximum atomic E-state index is 6.05. The topological polar surface area (TPSA) is 39.2 Å². The zero-order chi connectivity index (χ0) is 12.9. The number of nitrogens with two attached hydrogens (primary N) is 1. The van der Waals surface area contributed by atoms with Crippen LogP contribution < -0.4 is 5.73 Å². The van der Waals surface area contributed by atoms with Crippen LogP contribution in [-0.2, 0) is 6.54 Å². The summed E-state index contributed by atoms with van der Waals surface area (Å²) in [6.45, 7) is 4.89. The molecule has 18 heavy (non-hydrogen) atoms. The van der Waals surface area contributed by atoms with E-state index in [0.29, 0.717) is 18.4 Å². The van der Waals surface area contributed by atoms with Crippen LogP contribution in [0.5, 0.6) is 0 Å². The zero-order valence-electron chi connectivity index (χ0n) is 10.8. The summed E-state index contributed by atoms with van der Waals surface area (Å²) in [5, 5.41) is 1.26. The molecule has 3 heteroatoms. The molecule has 2 nitrogen and oxygen atoms in total. The van der Waals surface area contributed by atoms with E-state index in [9.17, 15) is 0 Å². The molecule has 0 atom stereocenters. The monoisotopic (exact) mass is 307 g/mol. The van der Waals surface area contributed by atoms with E-state index in [2.05, 4.69) is 41.9 Å². The van der Waals surface area contributed by atoms with Gasteiger partial charge in [-0.3, -0.25) is 0 Å². The molecule has 0 amide bonds. The second-order valence-electron chi connectivity index (χ2n) is 5.44. The number of halogens is 1. The molecule has 0 saturated heterocycles. The van der Waals surface area contributed by atoms with Crippen LogP contribution in [0.4, 0.5) is 0 Å². The van der Waals surface area contributed by atoms with Gasteiger partial charge in [-0.15, -0.1) is 0 Å². The molecule has 96 valence electrons. The zero-order valence-corrected chi connectivity index (χ0v) is 12.4. The highest BCUT2D eigenvalue weighted by Crippen LogP contribution is 2.47. The summed E-state index contributed by atoms with van der Waals surface area (Å²) >= 11 is 3.61. The Morgan fingerprint density at radius 1 is 1.39 bits per heavy atom. The van der Waals surface area contributed by atoms with Crippen LogP contribution in [0.1, 0.15) is 55.4 Å². The molecule has 0 aliphatic heterocycles. The fourth-order valence-corrected chi connectivity index (χ4v) is 3.13. The first-order valence-electron chi connectivity index (χ1n) is 6.56. The summed E-state index contributed by atoms with van der Waals surface area (Å²) in [4.78, 5) is 0. The smallest absolute Gasteiger partial charge is 0.138 e. The Morgan fingerprint density at radius 3 is 2.67 bits per heavy atom. The first-order chi connectivity index (χ1) is 8.61. The minimum Gasteiger partial charge on any atom is -0.459 e. The van der Waals surface area contributed by atoms with E-state index < -0.39 is 0 Å². The summed E-state index contributed by atoms with van der Waals surface area (Å²) in [5.74, 6) is 2.10. The van der Waals surface area contributed by atoms with Crippen molar-refractivity contribution in [2.75, 3.05) is 0 Å². The molecule has 1 saturated carbocycles. The van der Waals surface area contributed by atoms with Crippen molar-refractivity contribution in [3.8, 4) is 0 Å². The fraction of sp³-hybridized carbons (Fsp3) is 0.467. The van der Waals surface area contributed by atoms with Crippen LogP contribution in [-0.4, -0.2) is 0 Å². The Morgan fingerprint density at radius 2 is 2.11 bits per heavy atom. The Labute approximate surface area is 116 Å². The first kappa shape index (κ1) is 12.2. The highest BCUT2D eigenvalue weighted by atomic mass is 79.9. The van der Waals surface area contributed by atoms with Crippen molar-refractivity contribution in [1.82, 2.24) is 0 Å². The molecule has 1 aromatic carbocycles. The summed E-state index contributed by atoms with van der Waals surface area (Å²) < 4.78 is 7.18. The molecule has 1 aromatic heterocycles. The molecular formula is C15H18BrNO. The van der Waals surface area contributed by atoms with Crippen LogP contribution in [0.15, 0.2) is 21.0 Å². The van der Waals surface area contributed by atoms with Gasteiger partial charge in [-0.2, -0.15) is 0 Å². The van der Waals surface area contributed by atoms with E-state index in [0.717, 1.165) is 15.8 Å². The number of furan rings is 1. The molecule has 1 fully saturated rings. The number of rotatable bonds is 3. The van der Waals surface area contributed by atoms with E-state index in [1.165, 1.54) is 29.4 Å². The van der Waals surface area contributed by atoms with Gasteiger partial charge in [-0.1, -0.05) is 29.8 Å². The molecule has 1 heterocycles. The highest BCUT2D eigenvalue weighted by Gasteiger charge is 2.31. The molecule has 3 rings (SSSR count). The van der Waals surface area contributed by atoms with Crippen LogP contribution >= 0.6 is 15.9 Å². The average Bonchev–Trinajstić information content (AvgIpc) is 3.09. The molecule has 2 aromatic rings. The Bertz CT molecular complexity index is 596. The maximum absolute atomic E-state index is 6.05. The van der Waals surface area contributed by atoms with Crippen molar-refractivity contribution in [1.29, 1.82) is 0 Å². The van der Waals surface area contributed by atoms with Gasteiger partial charge in [-0.05, 0) is 42.4 Å². The van der Waals surface area contributed by atoms with Gasteiger partial charge in [0.15, 0.2) is 0 Å². The summed E-state index contributed by atoms with van der Waals surface area (Å²) in [7, 11) is 0. The van der Waals surface area contributed by atoms with Gasteiger partial charge in [0.25, 0.3) is 0 Å². The van der Waals surface area contributed by atoms with Gasteiger partial charge in [0.05, 0.1) is 6.54 Å². The predicted octanol–water partition coefficient (Wildman–Crippen LogP) is 4.65. The highest BCUT2D eigenvalue weighted by molar-refractivity contribution is 9.10. The van der Waals surface area contributed by atoms with Crippen molar-refractivity contribution in [2.45, 2.75) is 45.1 Å². The molecule has 0 spiro atoms. The van der Waals surface area contributed by atoms with Gasteiger partial charge in [0.2, 0.25) is 0 Å². The minimum absolute atomic E-state index is 0.453. The van der Waals surface area contributed by atoms with E-state index in [4.69, 9.17) is 10.2 Å². The van der Waals surface area contributed by atoms with E-state index >= 15 is 0 Å². The first-order valence-corrected chi connectivity index (χ1v) is 7.36. The van der Waals surface area contributed by atoms with E-state index in [-0.39, 0.29) is 0 Å². The third-order valence-electron chi connectivity index (χ3n) is 3.69. The lowest BCUT2D eigenvalue weighted by molar-refractivity contribution is 0.540.